The van der Waals surface area contributed by atoms with Crippen LogP contribution in [0.15, 0.2) is 16.4 Å². The lowest BCUT2D eigenvalue weighted by atomic mass is 10.2. The number of hydrogen-bond acceptors (Lipinski definition) is 6. The van der Waals surface area contributed by atoms with E-state index >= 15 is 0 Å². The summed E-state index contributed by atoms with van der Waals surface area (Å²) in [4.78, 5) is 0. The van der Waals surface area contributed by atoms with Crippen molar-refractivity contribution < 1.29 is 4.74 Å². The van der Waals surface area contributed by atoms with Crippen LogP contribution in [0.4, 0.5) is 11.5 Å². The van der Waals surface area contributed by atoms with Gasteiger partial charge in [0.1, 0.15) is 0 Å². The number of methoxy groups -OCH3 is 1. The minimum atomic E-state index is 0.411. The molecule has 0 fully saturated rings. The summed E-state index contributed by atoms with van der Waals surface area (Å²) in [5.74, 6) is 1.89. The molecule has 25 heavy (non-hydrogen) atoms. The highest BCUT2D eigenvalue weighted by molar-refractivity contribution is 5.66. The van der Waals surface area contributed by atoms with Crippen molar-refractivity contribution in [2.45, 2.75) is 52.4 Å². The van der Waals surface area contributed by atoms with Crippen molar-refractivity contribution in [1.29, 1.82) is 0 Å². The van der Waals surface area contributed by atoms with Gasteiger partial charge >= 0.3 is 0 Å². The van der Waals surface area contributed by atoms with Crippen LogP contribution >= 0.6 is 0 Å². The molecule has 3 heterocycles. The Morgan fingerprint density at radius 1 is 1.12 bits per heavy atom. The first-order valence-corrected chi connectivity index (χ1v) is 8.72. The van der Waals surface area contributed by atoms with Gasteiger partial charge in [-0.25, -0.2) is 0 Å². The second kappa shape index (κ2) is 7.91. The van der Waals surface area contributed by atoms with Crippen LogP contribution in [0, 0.1) is 0 Å². The van der Waals surface area contributed by atoms with Crippen molar-refractivity contribution in [3.63, 3.8) is 0 Å². The number of nitrogens with zero attached hydrogens (tertiary/aromatic N) is 6. The zero-order valence-corrected chi connectivity index (χ0v) is 14.9. The number of fused-ring (bicyclic) bond motifs is 1. The summed E-state index contributed by atoms with van der Waals surface area (Å²) in [5, 5.41) is 27.5. The van der Waals surface area contributed by atoms with Crippen LogP contribution in [-0.2, 0) is 12.8 Å². The molecule has 0 saturated heterocycles. The Hall–Kier alpha value is -2.71. The smallest absolute Gasteiger partial charge is 0.237 e. The second-order valence-corrected chi connectivity index (χ2v) is 5.88. The van der Waals surface area contributed by atoms with Crippen molar-refractivity contribution in [1.82, 2.24) is 30.0 Å². The normalized spacial score (nSPS) is 11.8. The van der Waals surface area contributed by atoms with E-state index in [1.807, 2.05) is 4.52 Å². The second-order valence-electron chi connectivity index (χ2n) is 5.88. The molecule has 0 aliphatic heterocycles. The molecule has 9 heteroatoms. The number of H-pyrrole nitrogens is 2. The van der Waals surface area contributed by atoms with E-state index in [2.05, 4.69) is 44.5 Å². The lowest BCUT2D eigenvalue weighted by molar-refractivity contribution is 0.416. The molecule has 0 spiro atoms. The zero-order chi connectivity index (χ0) is 17.6. The van der Waals surface area contributed by atoms with E-state index in [1.165, 1.54) is 0 Å². The van der Waals surface area contributed by atoms with Crippen molar-refractivity contribution >= 4 is 17.2 Å². The Kier molecular flexibility index (Phi) is 5.42. The summed E-state index contributed by atoms with van der Waals surface area (Å²) in [7, 11) is 1.57. The lowest BCUT2D eigenvalue weighted by Gasteiger charge is -1.96. The van der Waals surface area contributed by atoms with Crippen LogP contribution in [0.1, 0.15) is 51.0 Å². The van der Waals surface area contributed by atoms with E-state index in [1.54, 1.807) is 13.3 Å². The van der Waals surface area contributed by atoms with E-state index in [-0.39, 0.29) is 0 Å². The third-order valence-corrected chi connectivity index (χ3v) is 4.04. The molecule has 3 rings (SSSR count). The SMILES string of the molecule is CCCCc1nn2c(CCCC)n[nH]c2c1N=Nc1n[nH]cc1OC. The first-order valence-electron chi connectivity index (χ1n) is 8.72. The van der Waals surface area contributed by atoms with Gasteiger partial charge < -0.3 is 4.74 Å². The lowest BCUT2D eigenvalue weighted by Crippen LogP contribution is -1.97. The van der Waals surface area contributed by atoms with E-state index in [9.17, 15) is 0 Å². The van der Waals surface area contributed by atoms with Crippen LogP contribution in [0.2, 0.25) is 0 Å². The number of azo groups is 1. The van der Waals surface area contributed by atoms with Crippen LogP contribution in [0.25, 0.3) is 5.65 Å². The van der Waals surface area contributed by atoms with Crippen molar-refractivity contribution in [2.24, 2.45) is 10.2 Å². The van der Waals surface area contributed by atoms with Gasteiger partial charge in [0.25, 0.3) is 0 Å². The van der Waals surface area contributed by atoms with Crippen molar-refractivity contribution in [2.75, 3.05) is 7.11 Å². The predicted molar refractivity (Wildman–Crippen MR) is 93.9 cm³/mol. The van der Waals surface area contributed by atoms with E-state index in [0.29, 0.717) is 17.3 Å². The Bertz CT molecular complexity index is 844. The highest BCUT2D eigenvalue weighted by Crippen LogP contribution is 2.30. The number of ether oxygens (including phenoxy) is 1. The maximum absolute atomic E-state index is 5.20. The molecular formula is C16H24N8O. The Balaban J connectivity index is 1.97. The van der Waals surface area contributed by atoms with E-state index in [4.69, 9.17) is 9.84 Å². The third kappa shape index (κ3) is 3.54. The van der Waals surface area contributed by atoms with Gasteiger partial charge in [0.15, 0.2) is 22.9 Å². The number of hydrogen-bond donors (Lipinski definition) is 2. The monoisotopic (exact) mass is 344 g/mol. The molecule has 0 bridgehead atoms. The maximum atomic E-state index is 5.20. The van der Waals surface area contributed by atoms with Crippen molar-refractivity contribution in [3.05, 3.63) is 17.7 Å². The molecule has 0 amide bonds. The maximum Gasteiger partial charge on any atom is 0.237 e. The standard InChI is InChI=1S/C16H24N8O/c1-4-6-8-11-14(19-21-15-12(25-3)10-17-20-15)16-22-18-13(9-7-5-2)24(16)23-11/h10,22H,4-9H2,1-3H3,(H,17,20). The predicted octanol–water partition coefficient (Wildman–Crippen LogP) is 3.89. The molecule has 0 atom stereocenters. The van der Waals surface area contributed by atoms with E-state index in [0.717, 1.165) is 55.7 Å². The van der Waals surface area contributed by atoms with Crippen LogP contribution in [0.5, 0.6) is 5.75 Å². The molecule has 134 valence electrons. The summed E-state index contributed by atoms with van der Waals surface area (Å²) in [6.07, 6.45) is 7.71. The number of aryl methyl sites for hydroxylation is 2. The van der Waals surface area contributed by atoms with Gasteiger partial charge in [-0.1, -0.05) is 26.7 Å². The van der Waals surface area contributed by atoms with Gasteiger partial charge in [-0.2, -0.15) is 14.7 Å². The number of aromatic nitrogens is 6. The van der Waals surface area contributed by atoms with Gasteiger partial charge in [0.2, 0.25) is 5.82 Å². The fourth-order valence-corrected chi connectivity index (χ4v) is 2.61. The van der Waals surface area contributed by atoms with E-state index < -0.39 is 0 Å². The van der Waals surface area contributed by atoms with Crippen LogP contribution in [-0.4, -0.2) is 37.1 Å². The first kappa shape index (κ1) is 17.1. The van der Waals surface area contributed by atoms with Gasteiger partial charge in [-0.15, -0.1) is 15.3 Å². The Labute approximate surface area is 145 Å². The Morgan fingerprint density at radius 3 is 2.68 bits per heavy atom. The molecule has 3 aromatic rings. The molecular weight excluding hydrogens is 320 g/mol. The minimum Gasteiger partial charge on any atom is -0.491 e. The topological polar surface area (TPSA) is 109 Å². The average molecular weight is 344 g/mol. The molecule has 3 aromatic heterocycles. The summed E-state index contributed by atoms with van der Waals surface area (Å²) in [6, 6.07) is 0. The Morgan fingerprint density at radius 2 is 1.92 bits per heavy atom. The number of unbranched alkanes of at least 4 members (excludes halogenated alkanes) is 2. The quantitative estimate of drug-likeness (QED) is 0.574. The fourth-order valence-electron chi connectivity index (χ4n) is 2.61. The van der Waals surface area contributed by atoms with Gasteiger partial charge in [0.05, 0.1) is 19.0 Å². The van der Waals surface area contributed by atoms with Crippen LogP contribution < -0.4 is 4.74 Å². The van der Waals surface area contributed by atoms with Crippen LogP contribution in [0.3, 0.4) is 0 Å². The largest absolute Gasteiger partial charge is 0.491 e. The summed E-state index contributed by atoms with van der Waals surface area (Å²) < 4.78 is 7.06. The van der Waals surface area contributed by atoms with Crippen molar-refractivity contribution in [3.8, 4) is 5.75 Å². The molecule has 2 N–H and O–H groups in total. The molecule has 0 saturated carbocycles. The third-order valence-electron chi connectivity index (χ3n) is 4.04. The zero-order valence-electron chi connectivity index (χ0n) is 14.9. The first-order chi connectivity index (χ1) is 12.3. The fraction of sp³-hybridized carbons (Fsp3) is 0.562. The molecule has 0 aliphatic carbocycles. The summed E-state index contributed by atoms with van der Waals surface area (Å²) in [6.45, 7) is 4.32. The highest BCUT2D eigenvalue weighted by Gasteiger charge is 2.17. The number of rotatable bonds is 9. The molecule has 9 nitrogen and oxygen atoms in total. The minimum absolute atomic E-state index is 0.411. The molecule has 0 radical (unpaired) electrons. The molecule has 0 unspecified atom stereocenters. The highest BCUT2D eigenvalue weighted by atomic mass is 16.5. The van der Waals surface area contributed by atoms with Gasteiger partial charge in [0, 0.05) is 6.42 Å². The van der Waals surface area contributed by atoms with Gasteiger partial charge in [-0.3, -0.25) is 10.2 Å². The molecule has 0 aromatic carbocycles. The van der Waals surface area contributed by atoms with Gasteiger partial charge in [-0.05, 0) is 19.3 Å². The molecule has 0 aliphatic rings. The average Bonchev–Trinajstić information content (AvgIpc) is 3.31. The summed E-state index contributed by atoms with van der Waals surface area (Å²) in [5.41, 5.74) is 2.41. The number of aromatic amines is 2. The number of nitrogens with one attached hydrogen (secondary N) is 2. The summed E-state index contributed by atoms with van der Waals surface area (Å²) >= 11 is 0.